The summed E-state index contributed by atoms with van der Waals surface area (Å²) in [6.45, 7) is 0. The van der Waals surface area contributed by atoms with Gasteiger partial charge in [-0.3, -0.25) is 4.79 Å². The van der Waals surface area contributed by atoms with Crippen LogP contribution < -0.4 is 5.32 Å². The van der Waals surface area contributed by atoms with Gasteiger partial charge in [0.25, 0.3) is 0 Å². The summed E-state index contributed by atoms with van der Waals surface area (Å²) < 4.78 is 51.4. The molecule has 0 aliphatic rings. The Balaban J connectivity index is 1.69. The molecule has 0 saturated carbocycles. The Labute approximate surface area is 145 Å². The lowest BCUT2D eigenvalue weighted by Crippen LogP contribution is -2.16. The van der Waals surface area contributed by atoms with E-state index in [0.717, 1.165) is 6.07 Å². The molecule has 0 unspecified atom stereocenters. The fraction of sp³-hybridized carbons (Fsp3) is 0.118. The molecule has 0 saturated heterocycles. The van der Waals surface area contributed by atoms with Crippen LogP contribution in [0.5, 0.6) is 0 Å². The largest absolute Gasteiger partial charge is 0.419 e. The van der Waals surface area contributed by atoms with Crippen LogP contribution in [0.4, 0.5) is 23.2 Å². The molecule has 134 valence electrons. The number of carbonyl (C=O) groups is 1. The SMILES string of the molecule is O=C(Cc1cnn(-c2ccccc2)n1)Nc1ccc(F)c(C(F)(F)F)c1. The second kappa shape index (κ2) is 6.95. The molecule has 1 heterocycles. The third-order valence-electron chi connectivity index (χ3n) is 3.42. The van der Waals surface area contributed by atoms with Gasteiger partial charge in [-0.15, -0.1) is 0 Å². The highest BCUT2D eigenvalue weighted by molar-refractivity contribution is 5.92. The van der Waals surface area contributed by atoms with Crippen molar-refractivity contribution in [3.8, 4) is 5.69 Å². The molecule has 0 bridgehead atoms. The fourth-order valence-corrected chi connectivity index (χ4v) is 2.25. The number of halogens is 4. The van der Waals surface area contributed by atoms with E-state index in [9.17, 15) is 22.4 Å². The van der Waals surface area contributed by atoms with Crippen molar-refractivity contribution >= 4 is 11.6 Å². The number of alkyl halides is 3. The zero-order chi connectivity index (χ0) is 18.7. The van der Waals surface area contributed by atoms with Gasteiger partial charge in [-0.05, 0) is 30.3 Å². The Bertz CT molecular complexity index is 922. The molecular weight excluding hydrogens is 352 g/mol. The molecule has 1 amide bonds. The van der Waals surface area contributed by atoms with E-state index < -0.39 is 23.5 Å². The molecule has 3 aromatic rings. The van der Waals surface area contributed by atoms with Gasteiger partial charge in [0.15, 0.2) is 0 Å². The Hall–Kier alpha value is -3.23. The van der Waals surface area contributed by atoms with E-state index in [1.54, 1.807) is 24.3 Å². The second-order valence-electron chi connectivity index (χ2n) is 5.38. The lowest BCUT2D eigenvalue weighted by atomic mass is 10.1. The van der Waals surface area contributed by atoms with Crippen molar-refractivity contribution in [1.29, 1.82) is 0 Å². The van der Waals surface area contributed by atoms with Crippen LogP contribution in [0.25, 0.3) is 5.69 Å². The predicted molar refractivity (Wildman–Crippen MR) is 85.1 cm³/mol. The molecule has 2 aromatic carbocycles. The molecule has 0 atom stereocenters. The van der Waals surface area contributed by atoms with Gasteiger partial charge in [-0.25, -0.2) is 4.39 Å². The van der Waals surface area contributed by atoms with E-state index in [1.807, 2.05) is 6.07 Å². The first-order valence-corrected chi connectivity index (χ1v) is 7.46. The summed E-state index contributed by atoms with van der Waals surface area (Å²) in [7, 11) is 0. The monoisotopic (exact) mass is 364 g/mol. The first kappa shape index (κ1) is 17.6. The van der Waals surface area contributed by atoms with Crippen LogP contribution in [0.15, 0.2) is 54.7 Å². The first-order valence-electron chi connectivity index (χ1n) is 7.46. The van der Waals surface area contributed by atoms with E-state index in [0.29, 0.717) is 23.5 Å². The number of nitrogens with one attached hydrogen (secondary N) is 1. The van der Waals surface area contributed by atoms with Crippen LogP contribution >= 0.6 is 0 Å². The Kier molecular flexibility index (Phi) is 4.70. The molecule has 0 radical (unpaired) electrons. The van der Waals surface area contributed by atoms with Crippen molar-refractivity contribution in [3.05, 3.63) is 71.8 Å². The first-order chi connectivity index (χ1) is 12.3. The van der Waals surface area contributed by atoms with E-state index in [2.05, 4.69) is 15.5 Å². The van der Waals surface area contributed by atoms with Gasteiger partial charge in [0, 0.05) is 5.69 Å². The molecule has 0 aliphatic carbocycles. The smallest absolute Gasteiger partial charge is 0.326 e. The maximum absolute atomic E-state index is 13.3. The molecule has 1 N–H and O–H groups in total. The number of hydrogen-bond acceptors (Lipinski definition) is 3. The summed E-state index contributed by atoms with van der Waals surface area (Å²) >= 11 is 0. The molecule has 0 aliphatic heterocycles. The van der Waals surface area contributed by atoms with E-state index in [1.165, 1.54) is 11.0 Å². The number of carbonyl (C=O) groups excluding carboxylic acids is 1. The van der Waals surface area contributed by atoms with Gasteiger partial charge < -0.3 is 5.32 Å². The van der Waals surface area contributed by atoms with Gasteiger partial charge in [0.1, 0.15) is 5.82 Å². The minimum atomic E-state index is -4.84. The highest BCUT2D eigenvalue weighted by Gasteiger charge is 2.34. The van der Waals surface area contributed by atoms with Gasteiger partial charge in [-0.1, -0.05) is 18.2 Å². The maximum atomic E-state index is 13.3. The predicted octanol–water partition coefficient (Wildman–Crippen LogP) is 3.61. The van der Waals surface area contributed by atoms with Gasteiger partial charge in [0.2, 0.25) is 5.91 Å². The molecular formula is C17H12F4N4O. The lowest BCUT2D eigenvalue weighted by Gasteiger charge is -2.10. The lowest BCUT2D eigenvalue weighted by molar-refractivity contribution is -0.140. The average molecular weight is 364 g/mol. The van der Waals surface area contributed by atoms with E-state index >= 15 is 0 Å². The van der Waals surface area contributed by atoms with Crippen LogP contribution in [-0.2, 0) is 17.4 Å². The molecule has 9 heteroatoms. The quantitative estimate of drug-likeness (QED) is 0.720. The zero-order valence-electron chi connectivity index (χ0n) is 13.2. The van der Waals surface area contributed by atoms with Crippen molar-refractivity contribution in [2.75, 3.05) is 5.32 Å². The summed E-state index contributed by atoms with van der Waals surface area (Å²) in [5, 5.41) is 10.5. The molecule has 26 heavy (non-hydrogen) atoms. The third-order valence-corrected chi connectivity index (χ3v) is 3.42. The molecule has 0 fully saturated rings. The summed E-state index contributed by atoms with van der Waals surface area (Å²) in [4.78, 5) is 13.3. The summed E-state index contributed by atoms with van der Waals surface area (Å²) in [5.41, 5.74) is -0.554. The molecule has 0 spiro atoms. The maximum Gasteiger partial charge on any atom is 0.419 e. The number of aromatic nitrogens is 3. The number of nitrogens with zero attached hydrogens (tertiary/aromatic N) is 3. The zero-order valence-corrected chi connectivity index (χ0v) is 13.2. The number of amides is 1. The van der Waals surface area contributed by atoms with Gasteiger partial charge in [0.05, 0.1) is 29.6 Å². The number of rotatable bonds is 4. The van der Waals surface area contributed by atoms with Crippen LogP contribution in [0, 0.1) is 5.82 Å². The summed E-state index contributed by atoms with van der Waals surface area (Å²) in [5.74, 6) is -1.99. The normalized spacial score (nSPS) is 11.4. The Morgan fingerprint density at radius 3 is 2.54 bits per heavy atom. The van der Waals surface area contributed by atoms with E-state index in [4.69, 9.17) is 0 Å². The summed E-state index contributed by atoms with van der Waals surface area (Å²) in [6, 6.07) is 11.3. The van der Waals surface area contributed by atoms with Crippen LogP contribution in [0.2, 0.25) is 0 Å². The highest BCUT2D eigenvalue weighted by atomic mass is 19.4. The van der Waals surface area contributed by atoms with E-state index in [-0.39, 0.29) is 12.1 Å². The van der Waals surface area contributed by atoms with Gasteiger partial charge >= 0.3 is 6.18 Å². The van der Waals surface area contributed by atoms with Crippen molar-refractivity contribution in [2.24, 2.45) is 0 Å². The average Bonchev–Trinajstić information content (AvgIpc) is 3.05. The molecule has 5 nitrogen and oxygen atoms in total. The molecule has 1 aromatic heterocycles. The number of hydrogen-bond donors (Lipinski definition) is 1. The van der Waals surface area contributed by atoms with Crippen molar-refractivity contribution in [3.63, 3.8) is 0 Å². The van der Waals surface area contributed by atoms with Crippen molar-refractivity contribution < 1.29 is 22.4 Å². The number of anilines is 1. The standard InChI is InChI=1S/C17H12F4N4O/c18-15-7-6-11(8-14(15)17(19,20)21)23-16(26)9-12-10-22-25(24-12)13-4-2-1-3-5-13/h1-8,10H,9H2,(H,23,26). The van der Waals surface area contributed by atoms with Crippen LogP contribution in [-0.4, -0.2) is 20.9 Å². The van der Waals surface area contributed by atoms with Crippen molar-refractivity contribution in [2.45, 2.75) is 12.6 Å². The van der Waals surface area contributed by atoms with Crippen LogP contribution in [0.3, 0.4) is 0 Å². The van der Waals surface area contributed by atoms with Crippen LogP contribution in [0.1, 0.15) is 11.3 Å². The Morgan fingerprint density at radius 1 is 1.12 bits per heavy atom. The number of para-hydroxylation sites is 1. The highest BCUT2D eigenvalue weighted by Crippen LogP contribution is 2.33. The number of benzene rings is 2. The van der Waals surface area contributed by atoms with Gasteiger partial charge in [-0.2, -0.15) is 28.2 Å². The molecule has 3 rings (SSSR count). The summed E-state index contributed by atoms with van der Waals surface area (Å²) in [6.07, 6.45) is -3.65. The minimum absolute atomic E-state index is 0.154. The Morgan fingerprint density at radius 2 is 1.85 bits per heavy atom. The topological polar surface area (TPSA) is 59.8 Å². The van der Waals surface area contributed by atoms with Crippen molar-refractivity contribution in [1.82, 2.24) is 15.0 Å². The second-order valence-corrected chi connectivity index (χ2v) is 5.38. The third kappa shape index (κ3) is 4.05. The minimum Gasteiger partial charge on any atom is -0.326 e. The fourth-order valence-electron chi connectivity index (χ4n) is 2.25.